The van der Waals surface area contributed by atoms with Gasteiger partial charge in [0.05, 0.1) is 5.92 Å². The molecule has 0 aromatic heterocycles. The molecule has 2 heteroatoms. The summed E-state index contributed by atoms with van der Waals surface area (Å²) in [6.45, 7) is 4.70. The molecule has 0 heterocycles. The normalized spacial score (nSPS) is 42.2. The van der Waals surface area contributed by atoms with Crippen molar-refractivity contribution < 1.29 is 9.53 Å². The van der Waals surface area contributed by atoms with E-state index in [1.54, 1.807) is 0 Å². The molecule has 2 nitrogen and oxygen atoms in total. The lowest BCUT2D eigenvalue weighted by Gasteiger charge is -2.37. The van der Waals surface area contributed by atoms with Gasteiger partial charge in [0.2, 0.25) is 0 Å². The zero-order valence-electron chi connectivity index (χ0n) is 15.3. The first-order valence-electron chi connectivity index (χ1n) is 10.3. The molecule has 0 atom stereocenters. The van der Waals surface area contributed by atoms with Gasteiger partial charge in [-0.15, -0.1) is 0 Å². The van der Waals surface area contributed by atoms with Crippen LogP contribution in [0.5, 0.6) is 0 Å². The highest BCUT2D eigenvalue weighted by molar-refractivity contribution is 5.72. The van der Waals surface area contributed by atoms with Gasteiger partial charge in [0.1, 0.15) is 6.10 Å². The summed E-state index contributed by atoms with van der Waals surface area (Å²) in [6.07, 6.45) is 15.3. The van der Waals surface area contributed by atoms with E-state index < -0.39 is 0 Å². The lowest BCUT2D eigenvalue weighted by molar-refractivity contribution is -0.157. The third kappa shape index (κ3) is 4.73. The van der Waals surface area contributed by atoms with Crippen molar-refractivity contribution in [2.45, 2.75) is 97.0 Å². The van der Waals surface area contributed by atoms with Crippen LogP contribution >= 0.6 is 0 Å². The van der Waals surface area contributed by atoms with Crippen LogP contribution in [-0.4, -0.2) is 12.1 Å². The maximum atomic E-state index is 12.4. The molecular formula is C21H36O2. The van der Waals surface area contributed by atoms with Gasteiger partial charge in [0.25, 0.3) is 0 Å². The van der Waals surface area contributed by atoms with Gasteiger partial charge in [-0.25, -0.2) is 0 Å². The SMILES string of the molecule is CC1CCC(C(=O)OC2CCC(C3CCC(C)CC3)CC2)CC1. The van der Waals surface area contributed by atoms with E-state index in [1.807, 2.05) is 0 Å². The summed E-state index contributed by atoms with van der Waals surface area (Å²) in [5.74, 6) is 3.93. The van der Waals surface area contributed by atoms with Crippen LogP contribution in [0.1, 0.15) is 90.9 Å². The predicted octanol–water partition coefficient (Wildman–Crippen LogP) is 5.74. The third-order valence-electron chi connectivity index (χ3n) is 7.08. The Morgan fingerprint density at radius 3 is 1.61 bits per heavy atom. The van der Waals surface area contributed by atoms with Crippen molar-refractivity contribution in [2.75, 3.05) is 0 Å². The van der Waals surface area contributed by atoms with Crippen LogP contribution in [-0.2, 0) is 9.53 Å². The summed E-state index contributed by atoms with van der Waals surface area (Å²) in [7, 11) is 0. The van der Waals surface area contributed by atoms with Crippen molar-refractivity contribution in [3.05, 3.63) is 0 Å². The highest BCUT2D eigenvalue weighted by Crippen LogP contribution is 2.40. The lowest BCUT2D eigenvalue weighted by atomic mass is 9.71. The van der Waals surface area contributed by atoms with Gasteiger partial charge in [-0.3, -0.25) is 4.79 Å². The Morgan fingerprint density at radius 1 is 0.652 bits per heavy atom. The molecule has 0 bridgehead atoms. The highest BCUT2D eigenvalue weighted by atomic mass is 16.5. The van der Waals surface area contributed by atoms with Gasteiger partial charge in [-0.2, -0.15) is 0 Å². The van der Waals surface area contributed by atoms with Crippen LogP contribution in [0.25, 0.3) is 0 Å². The first-order chi connectivity index (χ1) is 11.1. The molecule has 0 radical (unpaired) electrons. The average Bonchev–Trinajstić information content (AvgIpc) is 2.57. The quantitative estimate of drug-likeness (QED) is 0.620. The van der Waals surface area contributed by atoms with Crippen LogP contribution in [0.15, 0.2) is 0 Å². The van der Waals surface area contributed by atoms with Gasteiger partial charge < -0.3 is 4.74 Å². The minimum absolute atomic E-state index is 0.117. The number of carbonyl (C=O) groups is 1. The summed E-state index contributed by atoms with van der Waals surface area (Å²) in [5.41, 5.74) is 0. The van der Waals surface area contributed by atoms with E-state index in [-0.39, 0.29) is 18.0 Å². The monoisotopic (exact) mass is 320 g/mol. The Balaban J connectivity index is 1.38. The number of rotatable bonds is 3. The van der Waals surface area contributed by atoms with E-state index in [1.165, 1.54) is 51.4 Å². The van der Waals surface area contributed by atoms with Crippen molar-refractivity contribution in [3.8, 4) is 0 Å². The summed E-state index contributed by atoms with van der Waals surface area (Å²) >= 11 is 0. The number of hydrogen-bond acceptors (Lipinski definition) is 2. The second kappa shape index (κ2) is 8.03. The minimum Gasteiger partial charge on any atom is -0.462 e. The minimum atomic E-state index is 0.117. The maximum absolute atomic E-state index is 12.4. The van der Waals surface area contributed by atoms with Crippen molar-refractivity contribution in [1.29, 1.82) is 0 Å². The molecule has 3 aliphatic rings. The van der Waals surface area contributed by atoms with E-state index in [0.717, 1.165) is 49.4 Å². The van der Waals surface area contributed by atoms with Gasteiger partial charge in [0, 0.05) is 0 Å². The molecule has 3 aliphatic carbocycles. The molecule has 0 unspecified atom stereocenters. The summed E-state index contributed by atoms with van der Waals surface area (Å²) in [4.78, 5) is 12.4. The number of esters is 1. The molecule has 0 aromatic carbocycles. The molecule has 0 N–H and O–H groups in total. The Morgan fingerprint density at radius 2 is 1.09 bits per heavy atom. The Labute approximate surface area is 142 Å². The second-order valence-corrected chi connectivity index (χ2v) is 8.95. The van der Waals surface area contributed by atoms with Crippen LogP contribution in [0.4, 0.5) is 0 Å². The Bertz CT molecular complexity index is 367. The predicted molar refractivity (Wildman–Crippen MR) is 94.1 cm³/mol. The molecule has 0 amide bonds. The zero-order chi connectivity index (χ0) is 16.2. The van der Waals surface area contributed by atoms with Crippen molar-refractivity contribution in [2.24, 2.45) is 29.6 Å². The second-order valence-electron chi connectivity index (χ2n) is 8.95. The number of carbonyl (C=O) groups excluding carboxylic acids is 1. The zero-order valence-corrected chi connectivity index (χ0v) is 15.3. The molecule has 0 aliphatic heterocycles. The van der Waals surface area contributed by atoms with Crippen molar-refractivity contribution >= 4 is 5.97 Å². The molecule has 132 valence electrons. The fourth-order valence-corrected chi connectivity index (χ4v) is 5.19. The van der Waals surface area contributed by atoms with Gasteiger partial charge in [-0.05, 0) is 87.9 Å². The highest BCUT2D eigenvalue weighted by Gasteiger charge is 2.33. The van der Waals surface area contributed by atoms with E-state index in [4.69, 9.17) is 4.74 Å². The van der Waals surface area contributed by atoms with Crippen LogP contribution < -0.4 is 0 Å². The number of ether oxygens (including phenoxy) is 1. The first-order valence-corrected chi connectivity index (χ1v) is 10.3. The van der Waals surface area contributed by atoms with Crippen LogP contribution in [0.3, 0.4) is 0 Å². The molecular weight excluding hydrogens is 284 g/mol. The summed E-state index contributed by atoms with van der Waals surface area (Å²) < 4.78 is 5.88. The van der Waals surface area contributed by atoms with Crippen LogP contribution in [0.2, 0.25) is 0 Å². The van der Waals surface area contributed by atoms with Crippen LogP contribution in [0, 0.1) is 29.6 Å². The van der Waals surface area contributed by atoms with E-state index >= 15 is 0 Å². The molecule has 0 aromatic rings. The average molecular weight is 321 g/mol. The van der Waals surface area contributed by atoms with Gasteiger partial charge in [-0.1, -0.05) is 26.7 Å². The largest absolute Gasteiger partial charge is 0.462 e. The van der Waals surface area contributed by atoms with E-state index in [0.29, 0.717) is 0 Å². The smallest absolute Gasteiger partial charge is 0.309 e. The molecule has 0 saturated heterocycles. The Hall–Kier alpha value is -0.530. The summed E-state index contributed by atoms with van der Waals surface area (Å²) in [5, 5.41) is 0. The maximum Gasteiger partial charge on any atom is 0.309 e. The fraction of sp³-hybridized carbons (Fsp3) is 0.952. The standard InChI is InChI=1S/C21H36O2/c1-15-3-7-17(8-4-15)18-11-13-20(14-12-18)23-21(22)19-9-5-16(2)6-10-19/h15-20H,3-14H2,1-2H3. The van der Waals surface area contributed by atoms with E-state index in [9.17, 15) is 4.79 Å². The lowest BCUT2D eigenvalue weighted by Crippen LogP contribution is -2.32. The molecule has 0 spiro atoms. The molecule has 3 fully saturated rings. The number of hydrogen-bond donors (Lipinski definition) is 0. The first kappa shape index (κ1) is 17.3. The van der Waals surface area contributed by atoms with Gasteiger partial charge in [0.15, 0.2) is 0 Å². The molecule has 3 saturated carbocycles. The third-order valence-corrected chi connectivity index (χ3v) is 7.08. The fourth-order valence-electron chi connectivity index (χ4n) is 5.19. The van der Waals surface area contributed by atoms with E-state index in [2.05, 4.69) is 13.8 Å². The Kier molecular flexibility index (Phi) is 6.04. The van der Waals surface area contributed by atoms with Crippen molar-refractivity contribution in [1.82, 2.24) is 0 Å². The topological polar surface area (TPSA) is 26.3 Å². The molecule has 3 rings (SSSR count). The molecule has 23 heavy (non-hydrogen) atoms. The van der Waals surface area contributed by atoms with Gasteiger partial charge >= 0.3 is 5.97 Å². The summed E-state index contributed by atoms with van der Waals surface area (Å²) in [6, 6.07) is 0. The van der Waals surface area contributed by atoms with Crippen molar-refractivity contribution in [3.63, 3.8) is 0 Å².